The number of hydrogen-bond acceptors (Lipinski definition) is 2. The Kier molecular flexibility index (Phi) is 5.18. The molecule has 0 heterocycles. The van der Waals surface area contributed by atoms with Crippen molar-refractivity contribution >= 4 is 18.1 Å². The third-order valence-electron chi connectivity index (χ3n) is 4.25. The van der Waals surface area contributed by atoms with Gasteiger partial charge in [0.2, 0.25) is 0 Å². The van der Waals surface area contributed by atoms with Gasteiger partial charge in [0.25, 0.3) is 0 Å². The third kappa shape index (κ3) is 3.53. The number of carbonyl (C=O) groups excluding carboxylic acids is 2. The summed E-state index contributed by atoms with van der Waals surface area (Å²) >= 11 is 0. The fourth-order valence-electron chi connectivity index (χ4n) is 3.26. The Morgan fingerprint density at radius 1 is 0.667 bits per heavy atom. The number of allylic oxidation sites excluding steroid dienone is 1. The average molecular weight is 320 g/mol. The van der Waals surface area contributed by atoms with Crippen LogP contribution in [-0.4, -0.2) is 12.6 Å². The third-order valence-corrected chi connectivity index (χ3v) is 4.25. The van der Waals surface area contributed by atoms with Crippen LogP contribution in [0.4, 0.5) is 0 Å². The van der Waals surface area contributed by atoms with Gasteiger partial charge in [0.1, 0.15) is 12.6 Å². The van der Waals surface area contributed by atoms with E-state index in [1.807, 2.05) is 88.4 Å². The molecule has 0 fully saturated rings. The summed E-state index contributed by atoms with van der Waals surface area (Å²) in [5, 5.41) is 0. The van der Waals surface area contributed by atoms with Crippen molar-refractivity contribution in [3.63, 3.8) is 0 Å². The second-order valence-electron chi connectivity index (χ2n) is 7.16. The monoisotopic (exact) mass is 320 g/mol. The first-order chi connectivity index (χ1) is 11.3. The molecule has 0 aliphatic rings. The molecule has 2 aromatic carbocycles. The minimum atomic E-state index is -0.759. The van der Waals surface area contributed by atoms with Crippen LogP contribution >= 0.6 is 0 Å². The van der Waals surface area contributed by atoms with Crippen LogP contribution in [0.5, 0.6) is 0 Å². The first kappa shape index (κ1) is 17.9. The molecule has 2 heteroatoms. The van der Waals surface area contributed by atoms with Crippen LogP contribution in [0.2, 0.25) is 0 Å². The summed E-state index contributed by atoms with van der Waals surface area (Å²) in [6.45, 7) is 7.47. The van der Waals surface area contributed by atoms with E-state index < -0.39 is 10.8 Å². The Morgan fingerprint density at radius 2 is 1.00 bits per heavy atom. The van der Waals surface area contributed by atoms with E-state index in [0.29, 0.717) is 0 Å². The Morgan fingerprint density at radius 3 is 1.29 bits per heavy atom. The number of aldehydes is 2. The second-order valence-corrected chi connectivity index (χ2v) is 7.16. The van der Waals surface area contributed by atoms with Gasteiger partial charge in [-0.3, -0.25) is 0 Å². The predicted octanol–water partition coefficient (Wildman–Crippen LogP) is 4.94. The molecule has 0 radical (unpaired) electrons. The van der Waals surface area contributed by atoms with E-state index in [4.69, 9.17) is 0 Å². The quantitative estimate of drug-likeness (QED) is 0.707. The Labute approximate surface area is 144 Å². The largest absolute Gasteiger partial charge is 0.302 e. The maximum atomic E-state index is 11.8. The van der Waals surface area contributed by atoms with Crippen LogP contribution < -0.4 is 0 Å². The van der Waals surface area contributed by atoms with E-state index in [2.05, 4.69) is 0 Å². The molecular formula is C22H24O2. The van der Waals surface area contributed by atoms with Crippen molar-refractivity contribution < 1.29 is 9.59 Å². The van der Waals surface area contributed by atoms with E-state index in [1.54, 1.807) is 0 Å². The molecule has 0 aromatic heterocycles. The summed E-state index contributed by atoms with van der Waals surface area (Å²) < 4.78 is 0. The van der Waals surface area contributed by atoms with E-state index in [-0.39, 0.29) is 0 Å². The molecule has 0 atom stereocenters. The lowest BCUT2D eigenvalue weighted by Gasteiger charge is -2.35. The summed E-state index contributed by atoms with van der Waals surface area (Å²) in [4.78, 5) is 23.7. The standard InChI is InChI=1S/C22H24O2/c1-21(2,15-23)20(22(3,4)16-24)19(17-11-7-5-8-12-17)18-13-9-6-10-14-18/h5-16H,1-4H3. The molecule has 2 nitrogen and oxygen atoms in total. The Hall–Kier alpha value is -2.48. The van der Waals surface area contributed by atoms with Gasteiger partial charge < -0.3 is 9.59 Å². The molecule has 0 N–H and O–H groups in total. The minimum Gasteiger partial charge on any atom is -0.302 e. The predicted molar refractivity (Wildman–Crippen MR) is 98.6 cm³/mol. The molecule has 0 unspecified atom stereocenters. The molecule has 0 aliphatic heterocycles. The van der Waals surface area contributed by atoms with Crippen molar-refractivity contribution in [2.24, 2.45) is 10.8 Å². The first-order valence-electron chi connectivity index (χ1n) is 8.12. The number of benzene rings is 2. The van der Waals surface area contributed by atoms with Gasteiger partial charge in [-0.2, -0.15) is 0 Å². The van der Waals surface area contributed by atoms with E-state index >= 15 is 0 Å². The lowest BCUT2D eigenvalue weighted by Crippen LogP contribution is -2.31. The lowest BCUT2D eigenvalue weighted by atomic mass is 9.67. The normalized spacial score (nSPS) is 11.7. The maximum Gasteiger partial charge on any atom is 0.129 e. The smallest absolute Gasteiger partial charge is 0.129 e. The summed E-state index contributed by atoms with van der Waals surface area (Å²) in [5.74, 6) is 0. The van der Waals surface area contributed by atoms with Crippen LogP contribution in [-0.2, 0) is 9.59 Å². The zero-order valence-corrected chi connectivity index (χ0v) is 14.7. The van der Waals surface area contributed by atoms with Gasteiger partial charge >= 0.3 is 0 Å². The number of hydrogen-bond donors (Lipinski definition) is 0. The summed E-state index contributed by atoms with van der Waals surface area (Å²) in [7, 11) is 0. The molecule has 24 heavy (non-hydrogen) atoms. The first-order valence-corrected chi connectivity index (χ1v) is 8.12. The fourth-order valence-corrected chi connectivity index (χ4v) is 3.26. The van der Waals surface area contributed by atoms with Gasteiger partial charge in [0.05, 0.1) is 0 Å². The van der Waals surface area contributed by atoms with Gasteiger partial charge in [-0.1, -0.05) is 60.7 Å². The lowest BCUT2D eigenvalue weighted by molar-refractivity contribution is -0.116. The molecule has 2 rings (SSSR count). The average Bonchev–Trinajstić information content (AvgIpc) is 2.60. The highest BCUT2D eigenvalue weighted by molar-refractivity contribution is 5.89. The fraction of sp³-hybridized carbons (Fsp3) is 0.273. The van der Waals surface area contributed by atoms with Crippen LogP contribution in [0.3, 0.4) is 0 Å². The van der Waals surface area contributed by atoms with Crippen LogP contribution in [0.15, 0.2) is 66.2 Å². The van der Waals surface area contributed by atoms with Crippen LogP contribution in [0, 0.1) is 10.8 Å². The van der Waals surface area contributed by atoms with Crippen molar-refractivity contribution in [2.75, 3.05) is 0 Å². The Bertz CT molecular complexity index is 675. The highest BCUT2D eigenvalue weighted by Gasteiger charge is 2.37. The molecular weight excluding hydrogens is 296 g/mol. The van der Waals surface area contributed by atoms with Gasteiger partial charge in [0.15, 0.2) is 0 Å². The van der Waals surface area contributed by atoms with Crippen LogP contribution in [0.1, 0.15) is 38.8 Å². The van der Waals surface area contributed by atoms with Gasteiger partial charge in [-0.15, -0.1) is 0 Å². The molecule has 0 saturated heterocycles. The molecule has 0 amide bonds. The summed E-state index contributed by atoms with van der Waals surface area (Å²) in [6.07, 6.45) is 1.86. The van der Waals surface area contributed by atoms with Crippen molar-refractivity contribution in [3.05, 3.63) is 77.4 Å². The molecule has 0 aliphatic carbocycles. The van der Waals surface area contributed by atoms with E-state index in [0.717, 1.165) is 34.8 Å². The number of carbonyl (C=O) groups is 2. The van der Waals surface area contributed by atoms with Gasteiger partial charge in [0, 0.05) is 10.8 Å². The highest BCUT2D eigenvalue weighted by atomic mass is 16.1. The van der Waals surface area contributed by atoms with Crippen molar-refractivity contribution in [3.8, 4) is 0 Å². The SMILES string of the molecule is CC(C)(C=O)C(=C(c1ccccc1)c1ccccc1)C(C)(C)C=O. The summed E-state index contributed by atoms with van der Waals surface area (Å²) in [5.41, 5.74) is 2.27. The Balaban J connectivity index is 2.94. The maximum absolute atomic E-state index is 11.8. The van der Waals surface area contributed by atoms with E-state index in [9.17, 15) is 9.59 Å². The summed E-state index contributed by atoms with van der Waals surface area (Å²) in [6, 6.07) is 19.9. The molecule has 124 valence electrons. The molecule has 0 saturated carbocycles. The van der Waals surface area contributed by atoms with Crippen molar-refractivity contribution in [1.82, 2.24) is 0 Å². The molecule has 0 spiro atoms. The molecule has 2 aromatic rings. The van der Waals surface area contributed by atoms with Crippen molar-refractivity contribution in [1.29, 1.82) is 0 Å². The second kappa shape index (κ2) is 6.96. The number of rotatable bonds is 6. The highest BCUT2D eigenvalue weighted by Crippen LogP contribution is 2.44. The zero-order valence-electron chi connectivity index (χ0n) is 14.7. The van der Waals surface area contributed by atoms with Crippen LogP contribution in [0.25, 0.3) is 5.57 Å². The van der Waals surface area contributed by atoms with Gasteiger partial charge in [-0.05, 0) is 50.0 Å². The van der Waals surface area contributed by atoms with E-state index in [1.165, 1.54) is 0 Å². The van der Waals surface area contributed by atoms with Crippen molar-refractivity contribution in [2.45, 2.75) is 27.7 Å². The molecule has 0 bridgehead atoms. The zero-order chi connectivity index (χ0) is 17.8. The topological polar surface area (TPSA) is 34.1 Å². The van der Waals surface area contributed by atoms with Gasteiger partial charge in [-0.25, -0.2) is 0 Å². The minimum absolute atomic E-state index is 0.759.